The summed E-state index contributed by atoms with van der Waals surface area (Å²) in [5.74, 6) is -0.530. The van der Waals surface area contributed by atoms with Crippen molar-refractivity contribution >= 4 is 21.8 Å². The second-order valence-electron chi connectivity index (χ2n) is 3.88. The molecule has 0 N–H and O–H groups in total. The van der Waals surface area contributed by atoms with Gasteiger partial charge in [0, 0.05) is 24.0 Å². The van der Waals surface area contributed by atoms with Gasteiger partial charge in [-0.1, -0.05) is 22.0 Å². The summed E-state index contributed by atoms with van der Waals surface area (Å²) in [6, 6.07) is 4.35. The van der Waals surface area contributed by atoms with Gasteiger partial charge in [-0.2, -0.15) is 0 Å². The van der Waals surface area contributed by atoms with Crippen molar-refractivity contribution in [1.82, 2.24) is 4.90 Å². The standard InChI is InChI=1S/C12H15BrFNO/c1-8-4-5-10(14)6-11(8)12(16)15(3)9(2)7-13/h4-6,9H,7H2,1-3H3. The van der Waals surface area contributed by atoms with Gasteiger partial charge in [0.15, 0.2) is 0 Å². The lowest BCUT2D eigenvalue weighted by Gasteiger charge is -2.24. The fourth-order valence-corrected chi connectivity index (χ4v) is 1.75. The van der Waals surface area contributed by atoms with Crippen molar-refractivity contribution < 1.29 is 9.18 Å². The predicted molar refractivity (Wildman–Crippen MR) is 66.5 cm³/mol. The molecule has 1 unspecified atom stereocenters. The Hall–Kier alpha value is -0.900. The van der Waals surface area contributed by atoms with E-state index in [1.165, 1.54) is 12.1 Å². The van der Waals surface area contributed by atoms with Crippen molar-refractivity contribution in [2.45, 2.75) is 19.9 Å². The van der Waals surface area contributed by atoms with Gasteiger partial charge < -0.3 is 4.90 Å². The Balaban J connectivity index is 3.00. The summed E-state index contributed by atoms with van der Waals surface area (Å²) in [5, 5.41) is 0.698. The number of nitrogens with zero attached hydrogens (tertiary/aromatic N) is 1. The van der Waals surface area contributed by atoms with Crippen LogP contribution in [0.15, 0.2) is 18.2 Å². The summed E-state index contributed by atoms with van der Waals surface area (Å²) in [4.78, 5) is 13.7. The number of aryl methyl sites for hydroxylation is 1. The van der Waals surface area contributed by atoms with Crippen molar-refractivity contribution in [2.24, 2.45) is 0 Å². The van der Waals surface area contributed by atoms with Gasteiger partial charge in [-0.25, -0.2) is 4.39 Å². The molecule has 0 aromatic heterocycles. The smallest absolute Gasteiger partial charge is 0.254 e. The van der Waals surface area contributed by atoms with Crippen LogP contribution in [0.2, 0.25) is 0 Å². The highest BCUT2D eigenvalue weighted by Gasteiger charge is 2.18. The zero-order valence-corrected chi connectivity index (χ0v) is 11.2. The molecule has 88 valence electrons. The normalized spacial score (nSPS) is 12.3. The summed E-state index contributed by atoms with van der Waals surface area (Å²) < 4.78 is 13.1. The first-order valence-electron chi connectivity index (χ1n) is 5.06. The molecule has 1 atom stereocenters. The molecule has 0 fully saturated rings. The van der Waals surface area contributed by atoms with Crippen LogP contribution in [0, 0.1) is 12.7 Å². The maximum absolute atomic E-state index is 13.1. The predicted octanol–water partition coefficient (Wildman–Crippen LogP) is 2.99. The highest BCUT2D eigenvalue weighted by Crippen LogP contribution is 2.14. The lowest BCUT2D eigenvalue weighted by atomic mass is 10.1. The van der Waals surface area contributed by atoms with Crippen LogP contribution >= 0.6 is 15.9 Å². The van der Waals surface area contributed by atoms with E-state index in [1.807, 2.05) is 6.92 Å². The Labute approximate surface area is 104 Å². The molecular weight excluding hydrogens is 273 g/mol. The van der Waals surface area contributed by atoms with Gasteiger partial charge in [-0.05, 0) is 31.5 Å². The molecule has 4 heteroatoms. The van der Waals surface area contributed by atoms with Crippen LogP contribution in [0.5, 0.6) is 0 Å². The Morgan fingerprint density at radius 2 is 2.19 bits per heavy atom. The fraction of sp³-hybridized carbons (Fsp3) is 0.417. The third-order valence-electron chi connectivity index (χ3n) is 2.63. The molecule has 0 spiro atoms. The first-order valence-corrected chi connectivity index (χ1v) is 6.18. The molecule has 0 aliphatic rings. The average Bonchev–Trinajstić information content (AvgIpc) is 2.29. The van der Waals surface area contributed by atoms with Gasteiger partial charge >= 0.3 is 0 Å². The van der Waals surface area contributed by atoms with Crippen LogP contribution < -0.4 is 0 Å². The van der Waals surface area contributed by atoms with Gasteiger partial charge in [0.1, 0.15) is 5.82 Å². The van der Waals surface area contributed by atoms with Crippen molar-refractivity contribution in [1.29, 1.82) is 0 Å². The van der Waals surface area contributed by atoms with E-state index in [0.717, 1.165) is 5.56 Å². The summed E-state index contributed by atoms with van der Waals surface area (Å²) in [6.07, 6.45) is 0. The molecule has 1 rings (SSSR count). The SMILES string of the molecule is Cc1ccc(F)cc1C(=O)N(C)C(C)CBr. The van der Waals surface area contributed by atoms with E-state index in [9.17, 15) is 9.18 Å². The molecule has 1 amide bonds. The highest BCUT2D eigenvalue weighted by molar-refractivity contribution is 9.09. The Morgan fingerprint density at radius 1 is 1.56 bits per heavy atom. The Kier molecular flexibility index (Phi) is 4.47. The van der Waals surface area contributed by atoms with Crippen LogP contribution in [-0.2, 0) is 0 Å². The number of carbonyl (C=O) groups excluding carboxylic acids is 1. The first-order chi connectivity index (χ1) is 7.47. The zero-order chi connectivity index (χ0) is 12.3. The van der Waals surface area contributed by atoms with E-state index >= 15 is 0 Å². The summed E-state index contributed by atoms with van der Waals surface area (Å²) in [5.41, 5.74) is 1.22. The monoisotopic (exact) mass is 287 g/mol. The van der Waals surface area contributed by atoms with E-state index < -0.39 is 0 Å². The highest BCUT2D eigenvalue weighted by atomic mass is 79.9. The molecule has 1 aromatic carbocycles. The first kappa shape index (κ1) is 13.2. The van der Waals surface area contributed by atoms with Crippen molar-refractivity contribution in [3.05, 3.63) is 35.1 Å². The minimum Gasteiger partial charge on any atom is -0.338 e. The van der Waals surface area contributed by atoms with Crippen LogP contribution in [0.25, 0.3) is 0 Å². The number of hydrogen-bond acceptors (Lipinski definition) is 1. The molecule has 0 saturated heterocycles. The molecule has 2 nitrogen and oxygen atoms in total. The van der Waals surface area contributed by atoms with Gasteiger partial charge in [-0.15, -0.1) is 0 Å². The Morgan fingerprint density at radius 3 is 2.75 bits per heavy atom. The second-order valence-corrected chi connectivity index (χ2v) is 4.53. The molecule has 0 radical (unpaired) electrons. The minimum absolute atomic E-state index is 0.0789. The van der Waals surface area contributed by atoms with Gasteiger partial charge in [-0.3, -0.25) is 4.79 Å². The topological polar surface area (TPSA) is 20.3 Å². The molecule has 0 saturated carbocycles. The summed E-state index contributed by atoms with van der Waals surface area (Å²) in [7, 11) is 1.72. The lowest BCUT2D eigenvalue weighted by molar-refractivity contribution is 0.0757. The number of hydrogen-bond donors (Lipinski definition) is 0. The Bertz CT molecular complexity index is 395. The maximum Gasteiger partial charge on any atom is 0.254 e. The molecule has 0 heterocycles. The van der Waals surface area contributed by atoms with Crippen LogP contribution in [0.4, 0.5) is 4.39 Å². The van der Waals surface area contributed by atoms with Crippen molar-refractivity contribution in [3.63, 3.8) is 0 Å². The molecule has 0 aliphatic heterocycles. The minimum atomic E-state index is -0.381. The van der Waals surface area contributed by atoms with Crippen LogP contribution in [-0.4, -0.2) is 29.2 Å². The van der Waals surface area contributed by atoms with E-state index in [4.69, 9.17) is 0 Å². The van der Waals surface area contributed by atoms with E-state index in [2.05, 4.69) is 15.9 Å². The second kappa shape index (κ2) is 5.43. The van der Waals surface area contributed by atoms with Gasteiger partial charge in [0.05, 0.1) is 0 Å². The number of rotatable bonds is 3. The van der Waals surface area contributed by atoms with E-state index in [0.29, 0.717) is 10.9 Å². The van der Waals surface area contributed by atoms with E-state index in [1.54, 1.807) is 24.9 Å². The third-order valence-corrected chi connectivity index (χ3v) is 3.57. The number of benzene rings is 1. The average molecular weight is 288 g/mol. The molecular formula is C12H15BrFNO. The largest absolute Gasteiger partial charge is 0.338 e. The van der Waals surface area contributed by atoms with Gasteiger partial charge in [0.25, 0.3) is 5.91 Å². The number of alkyl halides is 1. The molecule has 0 aliphatic carbocycles. The number of carbonyl (C=O) groups is 1. The lowest BCUT2D eigenvalue weighted by Crippen LogP contribution is -2.36. The van der Waals surface area contributed by atoms with E-state index in [-0.39, 0.29) is 17.8 Å². The molecule has 16 heavy (non-hydrogen) atoms. The number of halogens is 2. The zero-order valence-electron chi connectivity index (χ0n) is 9.63. The fourth-order valence-electron chi connectivity index (χ4n) is 1.32. The maximum atomic E-state index is 13.1. The van der Waals surface area contributed by atoms with Gasteiger partial charge in [0.2, 0.25) is 0 Å². The van der Waals surface area contributed by atoms with Crippen molar-refractivity contribution in [2.75, 3.05) is 12.4 Å². The number of amides is 1. The van der Waals surface area contributed by atoms with Crippen LogP contribution in [0.3, 0.4) is 0 Å². The summed E-state index contributed by atoms with van der Waals surface area (Å²) in [6.45, 7) is 3.74. The van der Waals surface area contributed by atoms with Crippen molar-refractivity contribution in [3.8, 4) is 0 Å². The van der Waals surface area contributed by atoms with Crippen LogP contribution in [0.1, 0.15) is 22.8 Å². The summed E-state index contributed by atoms with van der Waals surface area (Å²) >= 11 is 3.32. The molecule has 0 bridgehead atoms. The molecule has 1 aromatic rings. The quantitative estimate of drug-likeness (QED) is 0.783. The third kappa shape index (κ3) is 2.82.